The van der Waals surface area contributed by atoms with Crippen LogP contribution in [0.3, 0.4) is 0 Å². The van der Waals surface area contributed by atoms with Gasteiger partial charge in [-0.3, -0.25) is 14.5 Å². The van der Waals surface area contributed by atoms with Crippen LogP contribution >= 0.6 is 23.1 Å². The Balaban J connectivity index is 1.70. The lowest BCUT2D eigenvalue weighted by Crippen LogP contribution is -2.30. The second-order valence-electron chi connectivity index (χ2n) is 6.34. The van der Waals surface area contributed by atoms with Crippen molar-refractivity contribution < 1.29 is 9.59 Å². The fourth-order valence-electron chi connectivity index (χ4n) is 3.02. The fraction of sp³-hybridized carbons (Fsp3) is 0.368. The Morgan fingerprint density at radius 3 is 2.69 bits per heavy atom. The van der Waals surface area contributed by atoms with Crippen molar-refractivity contribution in [3.05, 3.63) is 45.8 Å². The fourth-order valence-corrected chi connectivity index (χ4v) is 5.03. The summed E-state index contributed by atoms with van der Waals surface area (Å²) in [5.41, 5.74) is 8.30. The minimum atomic E-state index is -0.464. The molecule has 0 radical (unpaired) electrons. The molecule has 0 saturated carbocycles. The van der Waals surface area contributed by atoms with E-state index < -0.39 is 5.91 Å². The van der Waals surface area contributed by atoms with Gasteiger partial charge in [-0.15, -0.1) is 23.1 Å². The third-order valence-electron chi connectivity index (χ3n) is 4.47. The van der Waals surface area contributed by atoms with Crippen LogP contribution in [0.15, 0.2) is 29.2 Å². The number of nitrogens with one attached hydrogen (secondary N) is 1. The van der Waals surface area contributed by atoms with Crippen molar-refractivity contribution in [3.63, 3.8) is 0 Å². The van der Waals surface area contributed by atoms with E-state index in [-0.39, 0.29) is 5.91 Å². The number of benzene rings is 1. The Bertz CT molecular complexity index is 815. The highest BCUT2D eigenvalue weighted by atomic mass is 32.2. The van der Waals surface area contributed by atoms with Crippen molar-refractivity contribution in [2.45, 2.75) is 31.7 Å². The average molecular weight is 390 g/mol. The number of nitrogens with two attached hydrogens (primary N) is 1. The molecule has 1 aliphatic rings. The maximum atomic E-state index is 12.4. The van der Waals surface area contributed by atoms with Crippen LogP contribution in [0.25, 0.3) is 0 Å². The number of primary amides is 1. The van der Waals surface area contributed by atoms with Gasteiger partial charge in [0, 0.05) is 22.9 Å². The molecule has 0 saturated heterocycles. The van der Waals surface area contributed by atoms with Crippen LogP contribution in [0.4, 0.5) is 5.00 Å². The number of hydrogen-bond acceptors (Lipinski definition) is 5. The number of likely N-dealkylation sites (N-methyl/N-ethyl adjacent to an activating group) is 1. The smallest absolute Gasteiger partial charge is 0.251 e. The Labute approximate surface area is 162 Å². The Morgan fingerprint density at radius 2 is 2.04 bits per heavy atom. The summed E-state index contributed by atoms with van der Waals surface area (Å²) in [6.07, 6.45) is 0.798. The van der Waals surface area contributed by atoms with Crippen LogP contribution < -0.4 is 11.1 Å². The van der Waals surface area contributed by atoms with Gasteiger partial charge < -0.3 is 11.1 Å². The zero-order valence-electron chi connectivity index (χ0n) is 15.0. The van der Waals surface area contributed by atoms with Crippen LogP contribution in [-0.2, 0) is 17.8 Å². The van der Waals surface area contributed by atoms with Gasteiger partial charge in [-0.1, -0.05) is 24.6 Å². The van der Waals surface area contributed by atoms with Gasteiger partial charge in [-0.2, -0.15) is 0 Å². The SMILES string of the molecule is CCN1CCc2c(sc(NC(=O)CSc3ccc(C)cc3)c2C(N)=O)C1. The lowest BCUT2D eigenvalue weighted by Gasteiger charge is -2.25. The predicted molar refractivity (Wildman–Crippen MR) is 108 cm³/mol. The molecule has 138 valence electrons. The summed E-state index contributed by atoms with van der Waals surface area (Å²) in [4.78, 5) is 28.8. The van der Waals surface area contributed by atoms with E-state index in [9.17, 15) is 9.59 Å². The molecule has 0 fully saturated rings. The summed E-state index contributed by atoms with van der Waals surface area (Å²) in [6.45, 7) is 6.85. The molecule has 3 N–H and O–H groups in total. The molecule has 0 atom stereocenters. The van der Waals surface area contributed by atoms with Crippen LogP contribution in [0.5, 0.6) is 0 Å². The quantitative estimate of drug-likeness (QED) is 0.744. The summed E-state index contributed by atoms with van der Waals surface area (Å²) >= 11 is 2.96. The number of aryl methyl sites for hydroxylation is 1. The van der Waals surface area contributed by atoms with E-state index in [0.717, 1.165) is 41.4 Å². The first kappa shape index (κ1) is 18.9. The van der Waals surface area contributed by atoms with E-state index in [1.54, 1.807) is 0 Å². The number of thiophene rings is 1. The summed E-state index contributed by atoms with van der Waals surface area (Å²) in [5, 5.41) is 3.50. The standard InChI is InChI=1S/C19H23N3O2S2/c1-3-22-9-8-14-15(10-22)26-19(17(14)18(20)24)21-16(23)11-25-13-6-4-12(2)5-7-13/h4-7H,3,8-11H2,1-2H3,(H2,20,24)(H,21,23). The number of hydrogen-bond donors (Lipinski definition) is 2. The highest BCUT2D eigenvalue weighted by Crippen LogP contribution is 2.37. The van der Waals surface area contributed by atoms with Crippen molar-refractivity contribution in [1.82, 2.24) is 4.90 Å². The Morgan fingerprint density at radius 1 is 1.31 bits per heavy atom. The van der Waals surface area contributed by atoms with Gasteiger partial charge in [-0.25, -0.2) is 0 Å². The number of nitrogens with zero attached hydrogens (tertiary/aromatic N) is 1. The van der Waals surface area contributed by atoms with E-state index in [2.05, 4.69) is 17.1 Å². The molecule has 7 heteroatoms. The van der Waals surface area contributed by atoms with Gasteiger partial charge in [0.15, 0.2) is 0 Å². The van der Waals surface area contributed by atoms with Crippen LogP contribution in [-0.4, -0.2) is 35.6 Å². The summed E-state index contributed by atoms with van der Waals surface area (Å²) < 4.78 is 0. The topological polar surface area (TPSA) is 75.4 Å². The molecule has 0 unspecified atom stereocenters. The largest absolute Gasteiger partial charge is 0.365 e. The predicted octanol–water partition coefficient (Wildman–Crippen LogP) is 3.26. The van der Waals surface area contributed by atoms with E-state index in [4.69, 9.17) is 5.73 Å². The highest BCUT2D eigenvalue weighted by molar-refractivity contribution is 8.00. The van der Waals surface area contributed by atoms with E-state index in [1.165, 1.54) is 28.7 Å². The molecule has 2 heterocycles. The lowest BCUT2D eigenvalue weighted by atomic mass is 10.0. The molecule has 1 aromatic carbocycles. The number of anilines is 1. The zero-order chi connectivity index (χ0) is 18.7. The van der Waals surface area contributed by atoms with E-state index in [0.29, 0.717) is 16.3 Å². The number of carbonyl (C=O) groups is 2. The molecule has 5 nitrogen and oxygen atoms in total. The molecule has 1 aromatic heterocycles. The minimum Gasteiger partial charge on any atom is -0.365 e. The van der Waals surface area contributed by atoms with Gasteiger partial charge >= 0.3 is 0 Å². The first-order valence-corrected chi connectivity index (χ1v) is 10.4. The van der Waals surface area contributed by atoms with E-state index >= 15 is 0 Å². The summed E-state index contributed by atoms with van der Waals surface area (Å²) in [7, 11) is 0. The van der Waals surface area contributed by atoms with E-state index in [1.807, 2.05) is 31.2 Å². The van der Waals surface area contributed by atoms with Crippen LogP contribution in [0.1, 0.15) is 33.3 Å². The monoisotopic (exact) mass is 389 g/mol. The zero-order valence-corrected chi connectivity index (χ0v) is 16.6. The number of carbonyl (C=O) groups excluding carboxylic acids is 2. The minimum absolute atomic E-state index is 0.121. The molecule has 2 amide bonds. The van der Waals surface area contributed by atoms with Crippen molar-refractivity contribution >= 4 is 39.9 Å². The average Bonchev–Trinajstić information content (AvgIpc) is 2.98. The third kappa shape index (κ3) is 4.28. The summed E-state index contributed by atoms with van der Waals surface area (Å²) in [5.74, 6) is -0.289. The lowest BCUT2D eigenvalue weighted by molar-refractivity contribution is -0.113. The molecule has 2 aromatic rings. The first-order chi connectivity index (χ1) is 12.5. The molecule has 3 rings (SSSR count). The number of amides is 2. The second-order valence-corrected chi connectivity index (χ2v) is 8.49. The van der Waals surface area contributed by atoms with Crippen molar-refractivity contribution in [1.29, 1.82) is 0 Å². The maximum absolute atomic E-state index is 12.4. The van der Waals surface area contributed by atoms with Crippen molar-refractivity contribution in [2.24, 2.45) is 5.73 Å². The van der Waals surface area contributed by atoms with Gasteiger partial charge in [-0.05, 0) is 37.6 Å². The van der Waals surface area contributed by atoms with Crippen LogP contribution in [0, 0.1) is 6.92 Å². The van der Waals surface area contributed by atoms with Crippen LogP contribution in [0.2, 0.25) is 0 Å². The van der Waals surface area contributed by atoms with Gasteiger partial charge in [0.05, 0.1) is 11.3 Å². The van der Waals surface area contributed by atoms with Gasteiger partial charge in [0.25, 0.3) is 5.91 Å². The molecular weight excluding hydrogens is 366 g/mol. The second kappa shape index (κ2) is 8.24. The van der Waals surface area contributed by atoms with Crippen molar-refractivity contribution in [2.75, 3.05) is 24.2 Å². The molecular formula is C19H23N3O2S2. The first-order valence-electron chi connectivity index (χ1n) is 8.64. The number of thioether (sulfide) groups is 1. The van der Waals surface area contributed by atoms with Gasteiger partial charge in [0.2, 0.25) is 5.91 Å². The molecule has 0 bridgehead atoms. The molecule has 1 aliphatic heterocycles. The normalized spacial score (nSPS) is 14.1. The maximum Gasteiger partial charge on any atom is 0.251 e. The molecule has 0 spiro atoms. The Hall–Kier alpha value is -1.83. The summed E-state index contributed by atoms with van der Waals surface area (Å²) in [6, 6.07) is 8.06. The molecule has 26 heavy (non-hydrogen) atoms. The van der Waals surface area contributed by atoms with Gasteiger partial charge in [0.1, 0.15) is 5.00 Å². The number of rotatable bonds is 6. The Kier molecular flexibility index (Phi) is 6.01. The third-order valence-corrected chi connectivity index (χ3v) is 6.62. The number of fused-ring (bicyclic) bond motifs is 1. The molecule has 0 aliphatic carbocycles. The highest BCUT2D eigenvalue weighted by Gasteiger charge is 2.27. The van der Waals surface area contributed by atoms with Crippen molar-refractivity contribution in [3.8, 4) is 0 Å².